The van der Waals surface area contributed by atoms with Crippen LogP contribution >= 0.6 is 0 Å². The summed E-state index contributed by atoms with van der Waals surface area (Å²) in [5.41, 5.74) is 1.16. The lowest BCUT2D eigenvalue weighted by molar-refractivity contribution is 0.0748. The first kappa shape index (κ1) is 16.8. The van der Waals surface area contributed by atoms with Crippen LogP contribution in [0.5, 0.6) is 11.5 Å². The highest BCUT2D eigenvalue weighted by molar-refractivity contribution is 5.97. The monoisotopic (exact) mass is 317 g/mol. The largest absolute Gasteiger partial charge is 0.497 e. The molecule has 0 saturated carbocycles. The maximum Gasteiger partial charge on any atom is 0.258 e. The van der Waals surface area contributed by atoms with E-state index in [1.807, 2.05) is 6.92 Å². The number of amides is 1. The van der Waals surface area contributed by atoms with Gasteiger partial charge in [-0.05, 0) is 42.8 Å². The minimum atomic E-state index is -0.315. The quantitative estimate of drug-likeness (QED) is 0.818. The third-order valence-electron chi connectivity index (χ3n) is 3.57. The molecular formula is C18H20FNO3. The van der Waals surface area contributed by atoms with Crippen molar-refractivity contribution >= 4 is 5.91 Å². The molecule has 0 atom stereocenters. The third kappa shape index (κ3) is 4.00. The van der Waals surface area contributed by atoms with Crippen molar-refractivity contribution in [2.45, 2.75) is 13.5 Å². The molecule has 2 aromatic rings. The Kier molecular flexibility index (Phi) is 5.57. The molecule has 0 aliphatic carbocycles. The topological polar surface area (TPSA) is 38.8 Å². The lowest BCUT2D eigenvalue weighted by atomic mass is 10.1. The molecule has 0 aliphatic rings. The number of methoxy groups -OCH3 is 2. The van der Waals surface area contributed by atoms with Crippen molar-refractivity contribution in [1.29, 1.82) is 0 Å². The summed E-state index contributed by atoms with van der Waals surface area (Å²) in [4.78, 5) is 14.4. The molecule has 0 saturated heterocycles. The van der Waals surface area contributed by atoms with E-state index in [1.165, 1.54) is 19.2 Å². The predicted molar refractivity (Wildman–Crippen MR) is 86.4 cm³/mol. The van der Waals surface area contributed by atoms with Crippen molar-refractivity contribution in [2.24, 2.45) is 0 Å². The Morgan fingerprint density at radius 1 is 1.13 bits per heavy atom. The van der Waals surface area contributed by atoms with E-state index in [0.717, 1.165) is 5.56 Å². The first-order valence-electron chi connectivity index (χ1n) is 7.34. The molecule has 0 bridgehead atoms. The Morgan fingerprint density at radius 3 is 2.52 bits per heavy atom. The molecule has 2 aromatic carbocycles. The second-order valence-corrected chi connectivity index (χ2v) is 5.02. The first-order valence-corrected chi connectivity index (χ1v) is 7.34. The van der Waals surface area contributed by atoms with Crippen LogP contribution in [0.2, 0.25) is 0 Å². The van der Waals surface area contributed by atoms with E-state index in [4.69, 9.17) is 9.47 Å². The van der Waals surface area contributed by atoms with Crippen molar-refractivity contribution in [3.8, 4) is 11.5 Å². The fraction of sp³-hybridized carbons (Fsp3) is 0.278. The Hall–Kier alpha value is -2.56. The number of nitrogens with zero attached hydrogens (tertiary/aromatic N) is 1. The number of hydrogen-bond acceptors (Lipinski definition) is 3. The van der Waals surface area contributed by atoms with Gasteiger partial charge in [0.15, 0.2) is 0 Å². The highest BCUT2D eigenvalue weighted by atomic mass is 19.1. The number of ether oxygens (including phenoxy) is 2. The van der Waals surface area contributed by atoms with Crippen LogP contribution < -0.4 is 9.47 Å². The molecule has 122 valence electrons. The van der Waals surface area contributed by atoms with Crippen LogP contribution in [-0.4, -0.2) is 31.6 Å². The summed E-state index contributed by atoms with van der Waals surface area (Å²) in [6.45, 7) is 2.70. The van der Waals surface area contributed by atoms with E-state index >= 15 is 0 Å². The van der Waals surface area contributed by atoms with Gasteiger partial charge in [-0.3, -0.25) is 4.79 Å². The molecule has 5 heteroatoms. The number of halogens is 1. The number of carbonyl (C=O) groups excluding carboxylic acids is 1. The molecule has 0 aromatic heterocycles. The number of rotatable bonds is 6. The van der Waals surface area contributed by atoms with Gasteiger partial charge in [0.2, 0.25) is 0 Å². The van der Waals surface area contributed by atoms with Crippen LogP contribution in [0, 0.1) is 5.82 Å². The maximum absolute atomic E-state index is 13.3. The Bertz CT molecular complexity index is 688. The molecule has 0 heterocycles. The average Bonchev–Trinajstić information content (AvgIpc) is 2.58. The van der Waals surface area contributed by atoms with Crippen molar-refractivity contribution in [2.75, 3.05) is 20.8 Å². The van der Waals surface area contributed by atoms with Crippen LogP contribution in [0.15, 0.2) is 42.5 Å². The molecule has 4 nitrogen and oxygen atoms in total. The van der Waals surface area contributed by atoms with E-state index in [2.05, 4.69) is 0 Å². The smallest absolute Gasteiger partial charge is 0.258 e. The number of carbonyl (C=O) groups is 1. The highest BCUT2D eigenvalue weighted by Crippen LogP contribution is 2.25. The van der Waals surface area contributed by atoms with Gasteiger partial charge >= 0.3 is 0 Å². The van der Waals surface area contributed by atoms with Gasteiger partial charge in [0.1, 0.15) is 17.3 Å². The second-order valence-electron chi connectivity index (χ2n) is 5.02. The molecule has 0 unspecified atom stereocenters. The van der Waals surface area contributed by atoms with Gasteiger partial charge in [0, 0.05) is 13.1 Å². The van der Waals surface area contributed by atoms with Gasteiger partial charge in [-0.2, -0.15) is 0 Å². The lowest BCUT2D eigenvalue weighted by Gasteiger charge is -2.22. The summed E-state index contributed by atoms with van der Waals surface area (Å²) in [6, 6.07) is 11.3. The van der Waals surface area contributed by atoms with Crippen LogP contribution in [0.4, 0.5) is 4.39 Å². The van der Waals surface area contributed by atoms with Crippen LogP contribution in [0.3, 0.4) is 0 Å². The van der Waals surface area contributed by atoms with Gasteiger partial charge < -0.3 is 14.4 Å². The molecule has 0 spiro atoms. The average molecular weight is 317 g/mol. The van der Waals surface area contributed by atoms with Crippen molar-refractivity contribution in [1.82, 2.24) is 4.90 Å². The molecule has 0 N–H and O–H groups in total. The standard InChI is InChI=1S/C18H20FNO3/c1-4-20(12-13-6-5-7-14(19)10-13)18(21)16-11-15(22-2)8-9-17(16)23-3/h5-11H,4,12H2,1-3H3. The van der Waals surface area contributed by atoms with Crippen molar-refractivity contribution < 1.29 is 18.7 Å². The van der Waals surface area contributed by atoms with Crippen LogP contribution in [-0.2, 0) is 6.54 Å². The number of benzene rings is 2. The van der Waals surface area contributed by atoms with Crippen LogP contribution in [0.1, 0.15) is 22.8 Å². The minimum absolute atomic E-state index is 0.187. The van der Waals surface area contributed by atoms with Gasteiger partial charge in [-0.25, -0.2) is 4.39 Å². The molecule has 1 amide bonds. The summed E-state index contributed by atoms with van der Waals surface area (Å²) >= 11 is 0. The zero-order valence-electron chi connectivity index (χ0n) is 13.5. The SMILES string of the molecule is CCN(Cc1cccc(F)c1)C(=O)c1cc(OC)ccc1OC. The summed E-state index contributed by atoms with van der Waals surface area (Å²) in [5.74, 6) is 0.557. The zero-order valence-corrected chi connectivity index (χ0v) is 13.5. The third-order valence-corrected chi connectivity index (χ3v) is 3.57. The molecular weight excluding hydrogens is 297 g/mol. The molecule has 0 aliphatic heterocycles. The van der Waals surface area contributed by atoms with Gasteiger partial charge in [0.05, 0.1) is 19.8 Å². The van der Waals surface area contributed by atoms with E-state index in [1.54, 1.807) is 42.3 Å². The van der Waals surface area contributed by atoms with Gasteiger partial charge in [-0.1, -0.05) is 12.1 Å². The lowest BCUT2D eigenvalue weighted by Crippen LogP contribution is -2.30. The van der Waals surface area contributed by atoms with Gasteiger partial charge in [-0.15, -0.1) is 0 Å². The zero-order chi connectivity index (χ0) is 16.8. The summed E-state index contributed by atoms with van der Waals surface area (Å²) in [6.07, 6.45) is 0. The van der Waals surface area contributed by atoms with E-state index in [9.17, 15) is 9.18 Å². The fourth-order valence-electron chi connectivity index (χ4n) is 2.33. The Morgan fingerprint density at radius 2 is 1.91 bits per heavy atom. The molecule has 0 fully saturated rings. The summed E-state index contributed by atoms with van der Waals surface area (Å²) < 4.78 is 23.8. The molecule has 23 heavy (non-hydrogen) atoms. The van der Waals surface area contributed by atoms with Gasteiger partial charge in [0.25, 0.3) is 5.91 Å². The summed E-state index contributed by atoms with van der Waals surface area (Å²) in [5, 5.41) is 0. The maximum atomic E-state index is 13.3. The van der Waals surface area contributed by atoms with E-state index < -0.39 is 0 Å². The highest BCUT2D eigenvalue weighted by Gasteiger charge is 2.19. The number of hydrogen-bond donors (Lipinski definition) is 0. The summed E-state index contributed by atoms with van der Waals surface area (Å²) in [7, 11) is 3.06. The van der Waals surface area contributed by atoms with Crippen molar-refractivity contribution in [3.63, 3.8) is 0 Å². The second kappa shape index (κ2) is 7.63. The Labute approximate surface area is 135 Å². The van der Waals surface area contributed by atoms with Crippen molar-refractivity contribution in [3.05, 3.63) is 59.4 Å². The molecule has 2 rings (SSSR count). The molecule has 0 radical (unpaired) electrons. The normalized spacial score (nSPS) is 10.3. The van der Waals surface area contributed by atoms with E-state index in [0.29, 0.717) is 30.2 Å². The minimum Gasteiger partial charge on any atom is -0.497 e. The van der Waals surface area contributed by atoms with E-state index in [-0.39, 0.29) is 11.7 Å². The van der Waals surface area contributed by atoms with Crippen LogP contribution in [0.25, 0.3) is 0 Å². The predicted octanol–water partition coefficient (Wildman–Crippen LogP) is 3.51. The fourth-order valence-corrected chi connectivity index (χ4v) is 2.33. The first-order chi connectivity index (χ1) is 11.1. The Balaban J connectivity index is 2.29.